The highest BCUT2D eigenvalue weighted by Gasteiger charge is 2.47. The van der Waals surface area contributed by atoms with Gasteiger partial charge in [0.2, 0.25) is 15.2 Å². The number of aliphatic hydroxyl groups is 1. The third kappa shape index (κ3) is 4.15. The molecule has 0 unspecified atom stereocenters. The van der Waals surface area contributed by atoms with Gasteiger partial charge in [-0.2, -0.15) is 9.98 Å². The maximum absolute atomic E-state index is 13.3. The van der Waals surface area contributed by atoms with E-state index in [9.17, 15) is 27.6 Å². The van der Waals surface area contributed by atoms with Crippen LogP contribution in [0, 0.1) is 11.3 Å². The van der Waals surface area contributed by atoms with Crippen LogP contribution < -0.4 is 4.72 Å². The second-order valence-electron chi connectivity index (χ2n) is 9.50. The van der Waals surface area contributed by atoms with E-state index in [0.29, 0.717) is 59.0 Å². The van der Waals surface area contributed by atoms with Crippen molar-refractivity contribution < 1.29 is 22.3 Å². The summed E-state index contributed by atoms with van der Waals surface area (Å²) in [7, 11) is -4.04. The Morgan fingerprint density at radius 1 is 1.19 bits per heavy atom. The lowest BCUT2D eigenvalue weighted by molar-refractivity contribution is 0.122. The number of alkyl halides is 2. The molecule has 3 aromatic heterocycles. The van der Waals surface area contributed by atoms with Crippen molar-refractivity contribution in [2.24, 2.45) is 0 Å². The number of hydrogen-bond acceptors (Lipinski definition) is 9. The molecule has 14 heteroatoms. The maximum Gasteiger partial charge on any atom is 0.291 e. The first-order chi connectivity index (χ1) is 17.7. The van der Waals surface area contributed by atoms with E-state index in [2.05, 4.69) is 24.9 Å². The summed E-state index contributed by atoms with van der Waals surface area (Å²) in [5, 5.41) is 27.9. The van der Waals surface area contributed by atoms with Crippen LogP contribution in [0.15, 0.2) is 29.4 Å². The molecule has 3 heterocycles. The zero-order chi connectivity index (χ0) is 25.9. The van der Waals surface area contributed by atoms with Gasteiger partial charge in [-0.3, -0.25) is 4.57 Å². The van der Waals surface area contributed by atoms with Crippen LogP contribution in [0.2, 0.25) is 0 Å². The largest absolute Gasteiger partial charge is 0.393 e. The zero-order valence-electron chi connectivity index (χ0n) is 19.3. The number of halogens is 2. The van der Waals surface area contributed by atoms with Crippen LogP contribution in [0.1, 0.15) is 61.6 Å². The first-order valence-corrected chi connectivity index (χ1v) is 14.1. The van der Waals surface area contributed by atoms with Gasteiger partial charge in [0.25, 0.3) is 6.43 Å². The van der Waals surface area contributed by atoms with Crippen LogP contribution in [0.4, 0.5) is 8.78 Å². The van der Waals surface area contributed by atoms with Crippen LogP contribution in [-0.4, -0.2) is 49.9 Å². The summed E-state index contributed by atoms with van der Waals surface area (Å²) >= 11 is 0.696. The minimum atomic E-state index is -4.04. The average Bonchev–Trinajstić information content (AvgIpc) is 3.32. The molecule has 2 N–H and O–H groups in total. The number of sulfonamides is 1. The smallest absolute Gasteiger partial charge is 0.291 e. The molecule has 0 amide bonds. The van der Waals surface area contributed by atoms with E-state index < -0.39 is 27.0 Å². The van der Waals surface area contributed by atoms with Gasteiger partial charge >= 0.3 is 0 Å². The number of fused-ring (bicyclic) bond motifs is 3. The maximum atomic E-state index is 13.3. The molecule has 37 heavy (non-hydrogen) atoms. The molecule has 0 radical (unpaired) electrons. The lowest BCUT2D eigenvalue weighted by atomic mass is 9.84. The normalized spacial score (nSPS) is 21.5. The summed E-state index contributed by atoms with van der Waals surface area (Å²) in [6.45, 7) is 0. The summed E-state index contributed by atoms with van der Waals surface area (Å²) in [6.07, 6.45) is 1.82. The number of nitrogens with zero attached hydrogens (tertiary/aromatic N) is 6. The fourth-order valence-corrected chi connectivity index (χ4v) is 7.05. The van der Waals surface area contributed by atoms with Crippen molar-refractivity contribution in [3.8, 4) is 11.2 Å². The molecular formula is C23H21F2N7O3S2. The molecule has 10 nitrogen and oxygen atoms in total. The Bertz CT molecular complexity index is 1670. The molecule has 2 aliphatic rings. The zero-order valence-corrected chi connectivity index (χ0v) is 20.9. The minimum absolute atomic E-state index is 0.0504. The van der Waals surface area contributed by atoms with Crippen LogP contribution in [0.5, 0.6) is 0 Å². The molecule has 1 aromatic carbocycles. The predicted octanol–water partition coefficient (Wildman–Crippen LogP) is 3.72. The summed E-state index contributed by atoms with van der Waals surface area (Å²) in [6, 6.07) is 6.55. The van der Waals surface area contributed by atoms with Gasteiger partial charge < -0.3 is 5.11 Å². The first kappa shape index (κ1) is 24.2. The fourth-order valence-electron chi connectivity index (χ4n) is 4.94. The van der Waals surface area contributed by atoms with E-state index in [1.807, 2.05) is 6.07 Å². The number of hydrogen-bond donors (Lipinski definition) is 2. The van der Waals surface area contributed by atoms with Gasteiger partial charge in [-0.1, -0.05) is 17.4 Å². The van der Waals surface area contributed by atoms with Crippen molar-refractivity contribution >= 4 is 43.3 Å². The molecule has 0 saturated heterocycles. The third-order valence-electron chi connectivity index (χ3n) is 7.04. The molecule has 2 fully saturated rings. The molecule has 2 saturated carbocycles. The van der Waals surface area contributed by atoms with Crippen LogP contribution in [-0.2, 0) is 10.0 Å². The Balaban J connectivity index is 1.58. The van der Waals surface area contributed by atoms with Crippen molar-refractivity contribution in [3.05, 3.63) is 35.2 Å². The summed E-state index contributed by atoms with van der Waals surface area (Å²) < 4.78 is 57.0. The number of nitrogens with one attached hydrogen (secondary N) is 1. The Labute approximate surface area is 214 Å². The van der Waals surface area contributed by atoms with Crippen molar-refractivity contribution in [2.45, 2.75) is 67.4 Å². The van der Waals surface area contributed by atoms with Crippen molar-refractivity contribution in [1.82, 2.24) is 29.5 Å². The molecule has 6 rings (SSSR count). The van der Waals surface area contributed by atoms with Gasteiger partial charge in [-0.25, -0.2) is 27.2 Å². The topological polar surface area (TPSA) is 147 Å². The highest BCUT2D eigenvalue weighted by molar-refractivity contribution is 7.89. The van der Waals surface area contributed by atoms with Gasteiger partial charge in [0, 0.05) is 16.7 Å². The van der Waals surface area contributed by atoms with E-state index in [1.54, 1.807) is 6.07 Å². The van der Waals surface area contributed by atoms with Gasteiger partial charge in [-0.05, 0) is 50.7 Å². The quantitative estimate of drug-likeness (QED) is 0.373. The lowest BCUT2D eigenvalue weighted by Crippen LogP contribution is -2.35. The predicted molar refractivity (Wildman–Crippen MR) is 130 cm³/mol. The highest BCUT2D eigenvalue weighted by Crippen LogP contribution is 2.41. The van der Waals surface area contributed by atoms with Crippen molar-refractivity contribution in [3.63, 3.8) is 0 Å². The SMILES string of the molecule is N#CC1(NS(=O)(=O)c2ccc3c4c(C5CCC(O)CC5)ncnc4n(-c4nnc(C(F)F)s4)c3c2)CC1. The molecule has 192 valence electrons. The van der Waals surface area contributed by atoms with E-state index in [4.69, 9.17) is 0 Å². The van der Waals surface area contributed by atoms with Gasteiger partial charge in [0.15, 0.2) is 10.7 Å². The average molecular weight is 546 g/mol. The van der Waals surface area contributed by atoms with E-state index in [1.165, 1.54) is 23.0 Å². The number of rotatable bonds is 6. The number of aromatic nitrogens is 5. The van der Waals surface area contributed by atoms with Gasteiger partial charge in [0.1, 0.15) is 11.9 Å². The van der Waals surface area contributed by atoms with Crippen molar-refractivity contribution in [2.75, 3.05) is 0 Å². The van der Waals surface area contributed by atoms with Gasteiger partial charge in [-0.15, -0.1) is 10.2 Å². The van der Waals surface area contributed by atoms with Crippen molar-refractivity contribution in [1.29, 1.82) is 5.26 Å². The lowest BCUT2D eigenvalue weighted by Gasteiger charge is -2.25. The number of benzene rings is 1. The van der Waals surface area contributed by atoms with E-state index in [0.717, 1.165) is 18.5 Å². The molecule has 0 atom stereocenters. The molecule has 0 aliphatic heterocycles. The number of nitriles is 1. The van der Waals surface area contributed by atoms with Crippen LogP contribution >= 0.6 is 11.3 Å². The van der Waals surface area contributed by atoms with E-state index in [-0.39, 0.29) is 22.0 Å². The van der Waals surface area contributed by atoms with Crippen LogP contribution in [0.3, 0.4) is 0 Å². The number of aliphatic hydroxyl groups excluding tert-OH is 1. The first-order valence-electron chi connectivity index (χ1n) is 11.8. The summed E-state index contributed by atoms with van der Waals surface area (Å²) in [5.41, 5.74) is 0.459. The minimum Gasteiger partial charge on any atom is -0.393 e. The van der Waals surface area contributed by atoms with Gasteiger partial charge in [0.05, 0.1) is 28.3 Å². The monoisotopic (exact) mass is 545 g/mol. The summed E-state index contributed by atoms with van der Waals surface area (Å²) in [4.78, 5) is 8.93. The molecule has 0 spiro atoms. The van der Waals surface area contributed by atoms with Crippen LogP contribution in [0.25, 0.3) is 27.1 Å². The second kappa shape index (κ2) is 8.73. The Hall–Kier alpha value is -3.12. The fraction of sp³-hybridized carbons (Fsp3) is 0.435. The van der Waals surface area contributed by atoms with E-state index >= 15 is 0 Å². The Morgan fingerprint density at radius 2 is 1.95 bits per heavy atom. The third-order valence-corrected chi connectivity index (χ3v) is 9.49. The Kier molecular flexibility index (Phi) is 5.72. The Morgan fingerprint density at radius 3 is 2.59 bits per heavy atom. The standard InChI is InChI=1S/C23H21F2N7O3S2/c24-19(25)21-29-30-22(36-21)32-16-9-14(37(34,35)31-23(10-26)7-8-23)5-6-15(16)17-18(27-11-28-20(17)32)12-1-3-13(33)4-2-12/h5-6,9,11-13,19,31,33H,1-4,7-8H2. The molecule has 0 bridgehead atoms. The summed E-state index contributed by atoms with van der Waals surface area (Å²) in [5.74, 6) is 0.0504. The molecular weight excluding hydrogens is 524 g/mol. The molecule has 2 aliphatic carbocycles. The second-order valence-corrected chi connectivity index (χ2v) is 12.2. The molecule has 4 aromatic rings. The highest BCUT2D eigenvalue weighted by atomic mass is 32.2.